The number of nitrogens with two attached hydrogens (primary N) is 1. The molecular weight excluding hydrogens is 285 g/mol. The molecule has 4 nitrogen and oxygen atoms in total. The van der Waals surface area contributed by atoms with Crippen molar-refractivity contribution in [3.63, 3.8) is 0 Å². The molecule has 0 radical (unpaired) electrons. The van der Waals surface area contributed by atoms with E-state index >= 15 is 0 Å². The molecule has 0 bridgehead atoms. The summed E-state index contributed by atoms with van der Waals surface area (Å²) in [5.41, 5.74) is 5.46. The van der Waals surface area contributed by atoms with Gasteiger partial charge in [0.15, 0.2) is 0 Å². The number of hydrogen-bond acceptors (Lipinski definition) is 3. The van der Waals surface area contributed by atoms with Gasteiger partial charge in [0.1, 0.15) is 22.9 Å². The zero-order valence-corrected chi connectivity index (χ0v) is 11.2. The second-order valence-electron chi connectivity index (χ2n) is 4.18. The minimum absolute atomic E-state index is 0.0675. The highest BCUT2D eigenvalue weighted by Crippen LogP contribution is 2.34. The van der Waals surface area contributed by atoms with E-state index in [1.54, 1.807) is 18.2 Å². The number of hydrogen-bond donors (Lipinski definition) is 2. The Hall–Kier alpha value is -2.27. The van der Waals surface area contributed by atoms with Crippen molar-refractivity contribution in [2.75, 3.05) is 5.73 Å². The van der Waals surface area contributed by atoms with Crippen molar-refractivity contribution in [2.24, 2.45) is 0 Å². The summed E-state index contributed by atoms with van der Waals surface area (Å²) in [6.07, 6.45) is 0. The Morgan fingerprint density at radius 1 is 1.30 bits per heavy atom. The van der Waals surface area contributed by atoms with E-state index in [-0.39, 0.29) is 11.5 Å². The van der Waals surface area contributed by atoms with Crippen molar-refractivity contribution in [1.29, 1.82) is 0 Å². The van der Waals surface area contributed by atoms with Crippen LogP contribution in [0.5, 0.6) is 11.5 Å². The molecule has 0 saturated heterocycles. The maximum Gasteiger partial charge on any atom is 0.341 e. The molecule has 0 amide bonds. The van der Waals surface area contributed by atoms with E-state index in [4.69, 9.17) is 27.2 Å². The van der Waals surface area contributed by atoms with Crippen LogP contribution in [0.1, 0.15) is 15.9 Å². The van der Waals surface area contributed by atoms with Gasteiger partial charge in [0.25, 0.3) is 0 Å². The highest BCUT2D eigenvalue weighted by Gasteiger charge is 2.19. The first-order valence-electron chi connectivity index (χ1n) is 5.65. The molecule has 0 heterocycles. The van der Waals surface area contributed by atoms with Gasteiger partial charge in [-0.2, -0.15) is 0 Å². The molecule has 104 valence electrons. The summed E-state index contributed by atoms with van der Waals surface area (Å²) in [7, 11) is 0. The third kappa shape index (κ3) is 2.67. The van der Waals surface area contributed by atoms with Crippen LogP contribution in [0.3, 0.4) is 0 Å². The summed E-state index contributed by atoms with van der Waals surface area (Å²) in [6, 6.07) is 7.27. The highest BCUT2D eigenvalue weighted by molar-refractivity contribution is 6.32. The molecule has 0 saturated carbocycles. The molecule has 0 unspecified atom stereocenters. The molecule has 0 atom stereocenters. The summed E-state index contributed by atoms with van der Waals surface area (Å²) in [6.45, 7) is 1.86. The van der Waals surface area contributed by atoms with Crippen LogP contribution in [0.2, 0.25) is 5.02 Å². The number of aromatic carboxylic acids is 1. The van der Waals surface area contributed by atoms with Crippen LogP contribution < -0.4 is 10.5 Å². The fourth-order valence-electron chi connectivity index (χ4n) is 1.69. The number of halogens is 2. The molecule has 0 aromatic heterocycles. The molecule has 0 aliphatic heterocycles. The SMILES string of the molecule is Cc1ccc(Oc2ccc(F)c(N)c2C(=O)O)c(Cl)c1. The second-order valence-corrected chi connectivity index (χ2v) is 4.58. The van der Waals surface area contributed by atoms with Gasteiger partial charge in [0.2, 0.25) is 0 Å². The molecule has 0 fully saturated rings. The van der Waals surface area contributed by atoms with Gasteiger partial charge in [-0.25, -0.2) is 9.18 Å². The number of anilines is 1. The van der Waals surface area contributed by atoms with Crippen LogP contribution in [-0.4, -0.2) is 11.1 Å². The van der Waals surface area contributed by atoms with Gasteiger partial charge in [-0.3, -0.25) is 0 Å². The van der Waals surface area contributed by atoms with Crippen LogP contribution in [0, 0.1) is 12.7 Å². The van der Waals surface area contributed by atoms with Crippen molar-refractivity contribution in [1.82, 2.24) is 0 Å². The number of benzene rings is 2. The highest BCUT2D eigenvalue weighted by atomic mass is 35.5. The normalized spacial score (nSPS) is 10.3. The van der Waals surface area contributed by atoms with Gasteiger partial charge in [-0.05, 0) is 36.8 Å². The fraction of sp³-hybridized carbons (Fsp3) is 0.0714. The van der Waals surface area contributed by atoms with E-state index in [2.05, 4.69) is 0 Å². The maximum atomic E-state index is 13.3. The summed E-state index contributed by atoms with van der Waals surface area (Å²) >= 11 is 6.00. The lowest BCUT2D eigenvalue weighted by Crippen LogP contribution is -2.07. The maximum absolute atomic E-state index is 13.3. The number of carboxylic acid groups (broad SMARTS) is 1. The topological polar surface area (TPSA) is 72.5 Å². The van der Waals surface area contributed by atoms with E-state index in [9.17, 15) is 9.18 Å². The molecule has 6 heteroatoms. The lowest BCUT2D eigenvalue weighted by Gasteiger charge is -2.12. The Balaban J connectivity index is 2.48. The quantitative estimate of drug-likeness (QED) is 0.843. The number of carboxylic acids is 1. The van der Waals surface area contributed by atoms with E-state index < -0.39 is 23.0 Å². The average Bonchev–Trinajstić information content (AvgIpc) is 2.36. The monoisotopic (exact) mass is 295 g/mol. The number of aryl methyl sites for hydroxylation is 1. The third-order valence-electron chi connectivity index (χ3n) is 2.68. The molecule has 2 aromatic carbocycles. The van der Waals surface area contributed by atoms with Gasteiger partial charge in [0, 0.05) is 0 Å². The third-order valence-corrected chi connectivity index (χ3v) is 2.97. The standard InChI is InChI=1S/C14H11ClFNO3/c1-7-2-4-10(8(15)6-7)20-11-5-3-9(16)13(17)12(11)14(18)19/h2-6H,17H2,1H3,(H,18,19). The Labute approximate surface area is 119 Å². The molecule has 2 aromatic rings. The minimum Gasteiger partial charge on any atom is -0.477 e. The first kappa shape index (κ1) is 14.1. The number of carbonyl (C=O) groups is 1. The first-order chi connectivity index (χ1) is 9.40. The fourth-order valence-corrected chi connectivity index (χ4v) is 1.96. The number of nitrogen functional groups attached to an aromatic ring is 1. The zero-order valence-electron chi connectivity index (χ0n) is 10.5. The average molecular weight is 296 g/mol. The van der Waals surface area contributed by atoms with E-state index in [1.807, 2.05) is 6.92 Å². The summed E-state index contributed by atoms with van der Waals surface area (Å²) in [4.78, 5) is 11.2. The molecular formula is C14H11ClFNO3. The van der Waals surface area contributed by atoms with Gasteiger partial charge in [0.05, 0.1) is 10.7 Å². The number of rotatable bonds is 3. The van der Waals surface area contributed by atoms with Crippen LogP contribution in [0.4, 0.5) is 10.1 Å². The summed E-state index contributed by atoms with van der Waals surface area (Å²) in [5, 5.41) is 9.43. The second kappa shape index (κ2) is 5.38. The smallest absolute Gasteiger partial charge is 0.341 e. The predicted octanol–water partition coefficient (Wildman–Crippen LogP) is 3.86. The summed E-state index contributed by atoms with van der Waals surface area (Å²) in [5.74, 6) is -1.99. The minimum atomic E-state index is -1.37. The van der Waals surface area contributed by atoms with Crippen molar-refractivity contribution >= 4 is 23.3 Å². The van der Waals surface area contributed by atoms with Gasteiger partial charge in [-0.1, -0.05) is 17.7 Å². The Kier molecular flexibility index (Phi) is 3.81. The molecule has 0 aliphatic rings. The lowest BCUT2D eigenvalue weighted by molar-refractivity contribution is 0.0695. The van der Waals surface area contributed by atoms with Gasteiger partial charge >= 0.3 is 5.97 Å². The lowest BCUT2D eigenvalue weighted by atomic mass is 10.1. The Morgan fingerprint density at radius 3 is 2.55 bits per heavy atom. The molecule has 0 aliphatic carbocycles. The molecule has 0 spiro atoms. The van der Waals surface area contributed by atoms with Gasteiger partial charge < -0.3 is 15.6 Å². The van der Waals surface area contributed by atoms with Crippen LogP contribution in [0.25, 0.3) is 0 Å². The van der Waals surface area contributed by atoms with E-state index in [0.29, 0.717) is 5.02 Å². The van der Waals surface area contributed by atoms with Crippen LogP contribution in [-0.2, 0) is 0 Å². The van der Waals surface area contributed by atoms with Crippen molar-refractivity contribution < 1.29 is 19.0 Å². The summed E-state index contributed by atoms with van der Waals surface area (Å²) < 4.78 is 18.8. The van der Waals surface area contributed by atoms with E-state index in [1.165, 1.54) is 6.07 Å². The molecule has 2 rings (SSSR count). The van der Waals surface area contributed by atoms with E-state index in [0.717, 1.165) is 11.6 Å². The molecule has 20 heavy (non-hydrogen) atoms. The first-order valence-corrected chi connectivity index (χ1v) is 6.03. The van der Waals surface area contributed by atoms with Crippen LogP contribution >= 0.6 is 11.6 Å². The number of ether oxygens (including phenoxy) is 1. The zero-order chi connectivity index (χ0) is 14.9. The Morgan fingerprint density at radius 2 is 1.95 bits per heavy atom. The van der Waals surface area contributed by atoms with Crippen molar-refractivity contribution in [2.45, 2.75) is 6.92 Å². The largest absolute Gasteiger partial charge is 0.477 e. The predicted molar refractivity (Wildman–Crippen MR) is 74.0 cm³/mol. The Bertz CT molecular complexity index is 688. The van der Waals surface area contributed by atoms with Gasteiger partial charge in [-0.15, -0.1) is 0 Å². The van der Waals surface area contributed by atoms with Crippen molar-refractivity contribution in [3.8, 4) is 11.5 Å². The molecule has 3 N–H and O–H groups in total. The van der Waals surface area contributed by atoms with Crippen LogP contribution in [0.15, 0.2) is 30.3 Å². The van der Waals surface area contributed by atoms with Crippen molar-refractivity contribution in [3.05, 3.63) is 52.3 Å².